The highest BCUT2D eigenvalue weighted by molar-refractivity contribution is 8.76. The van der Waals surface area contributed by atoms with Crippen LogP contribution in [0.25, 0.3) is 0 Å². The predicted molar refractivity (Wildman–Crippen MR) is 356 cm³/mol. The van der Waals surface area contributed by atoms with E-state index in [2.05, 4.69) is 45.5 Å². The Morgan fingerprint density at radius 3 is 2.42 bits per heavy atom. The molecule has 6 fully saturated rings. The Balaban J connectivity index is 1.04. The van der Waals surface area contributed by atoms with Crippen LogP contribution in [0.2, 0.25) is 0 Å². The van der Waals surface area contributed by atoms with Gasteiger partial charge in [0.25, 0.3) is 0 Å². The lowest BCUT2D eigenvalue weighted by atomic mass is 9.43. The van der Waals surface area contributed by atoms with Crippen molar-refractivity contribution in [2.45, 2.75) is 184 Å². The van der Waals surface area contributed by atoms with E-state index >= 15 is 14.7 Å². The SMILES string of the molecule is CCC1OC(=O)C(c2cc[nH]c2)C1C1C#CCC2CC3(O)C4=C5NC(CO)C(=O)CC(c6ccc(O)cc6)CSSCC6C(O)C(O)CC(C)(C4CCC3(CCNC(N)=NCc3ccccc3)C2C(C)(O)C(O)CC(C(O)O)C2CC=C3CCC(C)CC3C2C1)C6C5=O. The zero-order chi connectivity index (χ0) is 65.9. The molecule has 0 radical (unpaired) electrons. The van der Waals surface area contributed by atoms with Crippen LogP contribution in [0.15, 0.2) is 101 Å². The summed E-state index contributed by atoms with van der Waals surface area (Å²) in [5, 5.41) is 119. The molecule has 2 bridgehead atoms. The van der Waals surface area contributed by atoms with Crippen molar-refractivity contribution in [1.82, 2.24) is 15.6 Å². The minimum absolute atomic E-state index is 0.000187. The largest absolute Gasteiger partial charge is 0.508 e. The van der Waals surface area contributed by atoms with Crippen molar-refractivity contribution in [3.8, 4) is 17.6 Å². The van der Waals surface area contributed by atoms with Crippen molar-refractivity contribution in [3.63, 3.8) is 0 Å². The van der Waals surface area contributed by atoms with Crippen LogP contribution in [0, 0.1) is 93.7 Å². The fourth-order valence-electron chi connectivity index (χ4n) is 20.3. The van der Waals surface area contributed by atoms with Gasteiger partial charge >= 0.3 is 5.97 Å². The fourth-order valence-corrected chi connectivity index (χ4v) is 23.1. The number of ether oxygens (including phenoxy) is 1. The van der Waals surface area contributed by atoms with Crippen molar-refractivity contribution in [2.24, 2.45) is 92.6 Å². The van der Waals surface area contributed by atoms with Crippen molar-refractivity contribution < 1.29 is 65.1 Å². The number of aliphatic imine (C=N–C) groups is 1. The summed E-state index contributed by atoms with van der Waals surface area (Å²) in [6, 6.07) is 16.8. The topological polar surface area (TPSA) is 321 Å². The van der Waals surface area contributed by atoms with Crippen LogP contribution < -0.4 is 16.4 Å². The van der Waals surface area contributed by atoms with E-state index in [1.807, 2.05) is 56.4 Å². The molecule has 93 heavy (non-hydrogen) atoms. The second-order valence-corrected chi connectivity index (χ2v) is 32.3. The Morgan fingerprint density at radius 2 is 1.70 bits per heavy atom. The molecule has 3 aromatic rings. The monoisotopic (exact) mass is 1320 g/mol. The molecule has 12 rings (SSSR count). The number of guanidine groups is 1. The summed E-state index contributed by atoms with van der Waals surface area (Å²) in [4.78, 5) is 53.7. The highest BCUT2D eigenvalue weighted by Gasteiger charge is 2.75. The van der Waals surface area contributed by atoms with Gasteiger partial charge in [-0.05, 0) is 165 Å². The molecule has 2 aliphatic heterocycles. The summed E-state index contributed by atoms with van der Waals surface area (Å²) in [6.45, 7) is 7.46. The number of fused-ring (bicyclic) bond motifs is 10. The van der Waals surface area contributed by atoms with E-state index in [-0.39, 0.29) is 111 Å². The summed E-state index contributed by atoms with van der Waals surface area (Å²) in [5.41, 5.74) is 4.01. The van der Waals surface area contributed by atoms with Gasteiger partial charge in [-0.15, -0.1) is 5.92 Å². The number of hydrogen-bond acceptors (Lipinski definition) is 17. The Hall–Kier alpha value is -5.18. The lowest BCUT2D eigenvalue weighted by Crippen LogP contribution is -2.67. The predicted octanol–water partition coefficient (Wildman–Crippen LogP) is 7.14. The number of rotatable bonds is 11. The van der Waals surface area contributed by atoms with Crippen molar-refractivity contribution in [1.29, 1.82) is 0 Å². The molecule has 23 atom stereocenters. The molecule has 0 spiro atoms. The second kappa shape index (κ2) is 27.4. The van der Waals surface area contributed by atoms with E-state index < -0.39 is 142 Å². The number of nitrogens with two attached hydrogens (primary N) is 1. The van der Waals surface area contributed by atoms with Gasteiger partial charge in [0.15, 0.2) is 23.8 Å². The Morgan fingerprint density at radius 1 is 0.935 bits per heavy atom. The van der Waals surface area contributed by atoms with Crippen LogP contribution in [0.1, 0.15) is 146 Å². The first-order valence-corrected chi connectivity index (χ1v) is 36.7. The highest BCUT2D eigenvalue weighted by atomic mass is 33.1. The highest BCUT2D eigenvalue weighted by Crippen LogP contribution is 2.73. The zero-order valence-corrected chi connectivity index (χ0v) is 55.6. The van der Waals surface area contributed by atoms with Gasteiger partial charge in [-0.3, -0.25) is 14.4 Å². The Bertz CT molecular complexity index is 3350. The number of phenols is 1. The van der Waals surface area contributed by atoms with Crippen LogP contribution in [-0.2, 0) is 25.7 Å². The number of hydrogen-bond donors (Lipinski definition) is 13. The number of nitrogens with zero attached hydrogens (tertiary/aromatic N) is 1. The van der Waals surface area contributed by atoms with Crippen LogP contribution in [0.3, 0.4) is 0 Å². The molecule has 3 heterocycles. The van der Waals surface area contributed by atoms with E-state index in [4.69, 9.17) is 10.5 Å². The molecule has 23 unspecified atom stereocenters. The number of benzene rings is 2. The number of aromatic nitrogens is 1. The molecule has 2 saturated heterocycles. The molecule has 1 aromatic heterocycles. The molecular formula is C73H97N5O13S2. The number of allylic oxidation sites excluding steroid dienone is 3. The number of aromatic amines is 1. The van der Waals surface area contributed by atoms with Gasteiger partial charge < -0.3 is 72.0 Å². The van der Waals surface area contributed by atoms with Gasteiger partial charge in [-0.1, -0.05) is 102 Å². The smallest absolute Gasteiger partial charge is 0.314 e. The van der Waals surface area contributed by atoms with Gasteiger partial charge in [0, 0.05) is 90.1 Å². The molecule has 20 heteroatoms. The number of esters is 1. The standard InChI is InChI=1S/C73H97N5O13S2/c1-5-57-59(60(68(88)91-57)45-23-26-75-35-45)43-12-9-13-44-32-73(90)62-53(70(3)33-56(82)64(84)52-38-93-92-37-46(41-16-19-47(80)20-17-41)30-55(81)54(36-79)78-63(62)65(85)61(52)70)22-24-72(73,25-27-76-69(74)77-34-40-10-7-6-8-11-40)66(44)71(4,89)58(83)31-51(67(86)87)48-21-18-42-15-14-39(2)28-49(42)50(48)29-43/h6-8,10-11,16-20,23,26,35,39,43-44,46,48-54,56-61,64,66-67,75,78-80,82-84,86-87,89-90H,5,13-15,21-22,24-25,27-34,36-38H2,1-4H3,(H3,74,76,77). The maximum absolute atomic E-state index is 16.4. The van der Waals surface area contributed by atoms with Crippen molar-refractivity contribution >= 4 is 45.1 Å². The third-order valence-electron chi connectivity index (χ3n) is 24.7. The van der Waals surface area contributed by atoms with E-state index in [0.717, 1.165) is 36.0 Å². The molecule has 2 aromatic carbocycles. The number of carbonyl (C=O) groups is 3. The van der Waals surface area contributed by atoms with Crippen LogP contribution in [-0.4, -0.2) is 147 Å². The number of nitrogens with one attached hydrogen (secondary N) is 3. The summed E-state index contributed by atoms with van der Waals surface area (Å²) >= 11 is 0. The van der Waals surface area contributed by atoms with E-state index in [1.54, 1.807) is 37.4 Å². The van der Waals surface area contributed by atoms with E-state index in [0.29, 0.717) is 30.9 Å². The Kier molecular flexibility index (Phi) is 20.0. The lowest BCUT2D eigenvalue weighted by molar-refractivity contribution is -0.200. The number of ketones is 2. The van der Waals surface area contributed by atoms with Crippen LogP contribution in [0.5, 0.6) is 5.75 Å². The van der Waals surface area contributed by atoms with Gasteiger partial charge in [-0.2, -0.15) is 0 Å². The maximum Gasteiger partial charge on any atom is 0.314 e. The Labute approximate surface area is 554 Å². The molecular weight excluding hydrogens is 1220 g/mol. The van der Waals surface area contributed by atoms with Crippen LogP contribution >= 0.6 is 21.6 Å². The molecule has 18 nitrogen and oxygen atoms in total. The number of H-pyrrole nitrogens is 1. The normalized spacial score (nSPS) is 41.4. The van der Waals surface area contributed by atoms with Gasteiger partial charge in [0.05, 0.1) is 54.3 Å². The minimum Gasteiger partial charge on any atom is -0.508 e. The first kappa shape index (κ1) is 67.8. The third-order valence-corrected chi connectivity index (χ3v) is 27.2. The third kappa shape index (κ3) is 12.5. The molecule has 7 aliphatic carbocycles. The number of aromatic hydroxyl groups is 1. The molecule has 9 aliphatic rings. The molecule has 4 saturated carbocycles. The maximum atomic E-state index is 16.4. The molecule has 504 valence electrons. The average Bonchev–Trinajstić information content (AvgIpc) is 1.61. The van der Waals surface area contributed by atoms with E-state index in [1.165, 1.54) is 27.2 Å². The summed E-state index contributed by atoms with van der Waals surface area (Å²) in [5.74, 6) is -0.0151. The number of carbonyl (C=O) groups excluding carboxylic acids is 3. The fraction of sp³-hybridized carbons (Fsp3) is 0.644. The lowest BCUT2D eigenvalue weighted by Gasteiger charge is -2.63. The first-order valence-electron chi connectivity index (χ1n) is 34.2. The number of cyclic esters (lactones) is 1. The van der Waals surface area contributed by atoms with E-state index in [9.17, 15) is 45.6 Å². The molecule has 0 amide bonds. The van der Waals surface area contributed by atoms with Gasteiger partial charge in [0.1, 0.15) is 17.9 Å². The van der Waals surface area contributed by atoms with Crippen molar-refractivity contribution in [2.75, 3.05) is 24.7 Å². The number of aliphatic hydroxyl groups excluding tert-OH is 5. The second-order valence-electron chi connectivity index (χ2n) is 29.7. The summed E-state index contributed by atoms with van der Waals surface area (Å²) in [7, 11) is 2.94. The van der Waals surface area contributed by atoms with Gasteiger partial charge in [0.2, 0.25) is 0 Å². The summed E-state index contributed by atoms with van der Waals surface area (Å²) < 4.78 is 6.31. The number of aliphatic hydroxyl groups is 8. The molecule has 14 N–H and O–H groups in total. The number of phenolic OH excluding ortho intramolecular Hbond substituents is 1. The van der Waals surface area contributed by atoms with Crippen molar-refractivity contribution in [3.05, 3.63) is 113 Å². The van der Waals surface area contributed by atoms with Gasteiger partial charge in [-0.25, -0.2) is 4.99 Å². The quantitative estimate of drug-likeness (QED) is 0.0172. The zero-order valence-electron chi connectivity index (χ0n) is 54.0. The van der Waals surface area contributed by atoms with Crippen LogP contribution in [0.4, 0.5) is 0 Å². The minimum atomic E-state index is -2.12. The number of Topliss-reactive ketones (excluding diaryl/α,β-unsaturated/α-hetero) is 2. The summed E-state index contributed by atoms with van der Waals surface area (Å²) in [6.07, 6.45) is 3.89. The average molecular weight is 1320 g/mol. The first-order chi connectivity index (χ1) is 44.5.